The van der Waals surface area contributed by atoms with Gasteiger partial charge in [-0.2, -0.15) is 11.3 Å². The van der Waals surface area contributed by atoms with E-state index in [-0.39, 0.29) is 5.75 Å². The molecule has 1 aromatic carbocycles. The van der Waals surface area contributed by atoms with Crippen molar-refractivity contribution in [2.75, 3.05) is 7.11 Å². The molecule has 0 aliphatic carbocycles. The van der Waals surface area contributed by atoms with E-state index in [2.05, 4.69) is 29.1 Å². The third kappa shape index (κ3) is 3.88. The van der Waals surface area contributed by atoms with E-state index >= 15 is 0 Å². The first kappa shape index (κ1) is 15.2. The van der Waals surface area contributed by atoms with E-state index in [4.69, 9.17) is 16.3 Å². The second kappa shape index (κ2) is 6.97. The number of aromatic hydroxyl groups is 1. The highest BCUT2D eigenvalue weighted by Gasteiger charge is 2.11. The van der Waals surface area contributed by atoms with Gasteiger partial charge < -0.3 is 15.2 Å². The van der Waals surface area contributed by atoms with Crippen LogP contribution < -0.4 is 10.1 Å². The quantitative estimate of drug-likeness (QED) is 0.851. The van der Waals surface area contributed by atoms with E-state index in [1.807, 2.05) is 0 Å². The monoisotopic (exact) mass is 311 g/mol. The molecule has 0 fully saturated rings. The van der Waals surface area contributed by atoms with Crippen molar-refractivity contribution in [1.82, 2.24) is 5.32 Å². The fourth-order valence-corrected chi connectivity index (χ4v) is 2.95. The molecule has 5 heteroatoms. The minimum atomic E-state index is 0.145. The van der Waals surface area contributed by atoms with Crippen molar-refractivity contribution in [3.63, 3.8) is 0 Å². The Labute approximate surface area is 128 Å². The smallest absolute Gasteiger partial charge is 0.162 e. The van der Waals surface area contributed by atoms with Gasteiger partial charge in [-0.05, 0) is 41.8 Å². The summed E-state index contributed by atoms with van der Waals surface area (Å²) in [7, 11) is 1.52. The fourth-order valence-electron chi connectivity index (χ4n) is 2.04. The first-order valence-electron chi connectivity index (χ1n) is 6.40. The third-order valence-corrected chi connectivity index (χ3v) is 4.05. The lowest BCUT2D eigenvalue weighted by molar-refractivity contribution is 0.369. The van der Waals surface area contributed by atoms with Crippen LogP contribution in [0.2, 0.25) is 5.02 Å². The van der Waals surface area contributed by atoms with Crippen LogP contribution in [-0.2, 0) is 13.0 Å². The summed E-state index contributed by atoms with van der Waals surface area (Å²) >= 11 is 7.72. The zero-order chi connectivity index (χ0) is 14.5. The van der Waals surface area contributed by atoms with Crippen molar-refractivity contribution in [3.8, 4) is 11.5 Å². The summed E-state index contributed by atoms with van der Waals surface area (Å²) in [4.78, 5) is 0. The summed E-state index contributed by atoms with van der Waals surface area (Å²) in [6.45, 7) is 2.67. The van der Waals surface area contributed by atoms with Crippen molar-refractivity contribution in [3.05, 3.63) is 45.1 Å². The molecule has 0 bridgehead atoms. The average molecular weight is 312 g/mol. The molecule has 0 saturated heterocycles. The van der Waals surface area contributed by atoms with Gasteiger partial charge in [0.1, 0.15) is 0 Å². The van der Waals surface area contributed by atoms with Crippen LogP contribution in [0.3, 0.4) is 0 Å². The lowest BCUT2D eigenvalue weighted by Gasteiger charge is -2.15. The highest BCUT2D eigenvalue weighted by atomic mass is 35.5. The molecule has 3 nitrogen and oxygen atoms in total. The molecule has 0 spiro atoms. The summed E-state index contributed by atoms with van der Waals surface area (Å²) < 4.78 is 5.10. The van der Waals surface area contributed by atoms with E-state index in [9.17, 15) is 5.11 Å². The highest BCUT2D eigenvalue weighted by Crippen LogP contribution is 2.33. The predicted octanol–water partition coefficient (Wildman–Crippen LogP) is 3.84. The van der Waals surface area contributed by atoms with Crippen LogP contribution in [0.4, 0.5) is 0 Å². The van der Waals surface area contributed by atoms with Gasteiger partial charge >= 0.3 is 0 Å². The molecule has 1 heterocycles. The van der Waals surface area contributed by atoms with Crippen molar-refractivity contribution < 1.29 is 9.84 Å². The minimum Gasteiger partial charge on any atom is -0.504 e. The molecule has 1 unspecified atom stereocenters. The molecule has 2 aromatic rings. The summed E-state index contributed by atoms with van der Waals surface area (Å²) in [6.07, 6.45) is 0.960. The van der Waals surface area contributed by atoms with Gasteiger partial charge in [0.2, 0.25) is 0 Å². The molecule has 2 N–H and O–H groups in total. The topological polar surface area (TPSA) is 41.5 Å². The van der Waals surface area contributed by atoms with E-state index in [1.54, 1.807) is 23.5 Å². The molecule has 1 aromatic heterocycles. The Balaban J connectivity index is 1.98. The maximum Gasteiger partial charge on any atom is 0.162 e. The predicted molar refractivity (Wildman–Crippen MR) is 84.0 cm³/mol. The SMILES string of the molecule is COc1cc(Cl)cc(CNC(C)Cc2ccsc2)c1O. The number of phenols is 1. The zero-order valence-electron chi connectivity index (χ0n) is 11.5. The molecular weight excluding hydrogens is 294 g/mol. The Hall–Kier alpha value is -1.23. The first-order valence-corrected chi connectivity index (χ1v) is 7.72. The highest BCUT2D eigenvalue weighted by molar-refractivity contribution is 7.07. The van der Waals surface area contributed by atoms with Crippen molar-refractivity contribution in [1.29, 1.82) is 0 Å². The number of halogens is 1. The fraction of sp³-hybridized carbons (Fsp3) is 0.333. The Bertz CT molecular complexity index is 557. The summed E-state index contributed by atoms with van der Waals surface area (Å²) in [6, 6.07) is 5.80. The molecule has 1 atom stereocenters. The van der Waals surface area contributed by atoms with E-state index < -0.39 is 0 Å². The van der Waals surface area contributed by atoms with Crippen LogP contribution in [0.25, 0.3) is 0 Å². The van der Waals surface area contributed by atoms with E-state index in [1.165, 1.54) is 12.7 Å². The molecular formula is C15H18ClNO2S. The number of rotatable bonds is 6. The zero-order valence-corrected chi connectivity index (χ0v) is 13.1. The molecule has 2 rings (SSSR count). The number of benzene rings is 1. The largest absolute Gasteiger partial charge is 0.504 e. The first-order chi connectivity index (χ1) is 9.60. The normalized spacial score (nSPS) is 12.3. The lowest BCUT2D eigenvalue weighted by atomic mass is 10.1. The molecule has 20 heavy (non-hydrogen) atoms. The van der Waals surface area contributed by atoms with Gasteiger partial charge in [-0.25, -0.2) is 0 Å². The van der Waals surface area contributed by atoms with Gasteiger partial charge in [-0.3, -0.25) is 0 Å². The number of thiophene rings is 1. The molecule has 0 saturated carbocycles. The second-order valence-electron chi connectivity index (χ2n) is 4.73. The molecule has 0 amide bonds. The van der Waals surface area contributed by atoms with Crippen LogP contribution >= 0.6 is 22.9 Å². The molecule has 0 aliphatic rings. The molecule has 0 radical (unpaired) electrons. The summed E-state index contributed by atoms with van der Waals surface area (Å²) in [5.74, 6) is 0.548. The Kier molecular flexibility index (Phi) is 5.29. The summed E-state index contributed by atoms with van der Waals surface area (Å²) in [5.41, 5.74) is 2.06. The number of hydrogen-bond acceptors (Lipinski definition) is 4. The minimum absolute atomic E-state index is 0.145. The van der Waals surface area contributed by atoms with Crippen LogP contribution in [-0.4, -0.2) is 18.3 Å². The molecule has 0 aliphatic heterocycles. The Morgan fingerprint density at radius 1 is 1.45 bits per heavy atom. The second-order valence-corrected chi connectivity index (χ2v) is 5.95. The van der Waals surface area contributed by atoms with Crippen molar-refractivity contribution in [2.45, 2.75) is 25.9 Å². The van der Waals surface area contributed by atoms with Gasteiger partial charge in [0, 0.05) is 29.2 Å². The van der Waals surface area contributed by atoms with Crippen LogP contribution in [0.15, 0.2) is 29.0 Å². The lowest BCUT2D eigenvalue weighted by Crippen LogP contribution is -2.27. The van der Waals surface area contributed by atoms with Gasteiger partial charge in [0.15, 0.2) is 11.5 Å². The standard InChI is InChI=1S/C15H18ClNO2S/c1-10(5-11-3-4-20-9-11)17-8-12-6-13(16)7-14(19-2)15(12)18/h3-4,6-7,9-10,17-18H,5,8H2,1-2H3. The van der Waals surface area contributed by atoms with E-state index in [0.717, 1.165) is 12.0 Å². The number of phenolic OH excluding ortho intramolecular Hbond substituents is 1. The summed E-state index contributed by atoms with van der Waals surface area (Å²) in [5, 5.41) is 18.2. The maximum atomic E-state index is 10.1. The van der Waals surface area contributed by atoms with Gasteiger partial charge in [-0.15, -0.1) is 0 Å². The number of nitrogens with one attached hydrogen (secondary N) is 1. The van der Waals surface area contributed by atoms with Gasteiger partial charge in [0.05, 0.1) is 7.11 Å². The van der Waals surface area contributed by atoms with Crippen molar-refractivity contribution >= 4 is 22.9 Å². The van der Waals surface area contributed by atoms with Crippen molar-refractivity contribution in [2.24, 2.45) is 0 Å². The third-order valence-electron chi connectivity index (χ3n) is 3.10. The van der Waals surface area contributed by atoms with Crippen LogP contribution in [0.1, 0.15) is 18.1 Å². The number of methoxy groups -OCH3 is 1. The number of ether oxygens (including phenoxy) is 1. The van der Waals surface area contributed by atoms with Crippen LogP contribution in [0, 0.1) is 0 Å². The average Bonchev–Trinajstić information content (AvgIpc) is 2.92. The molecule has 108 valence electrons. The van der Waals surface area contributed by atoms with Crippen LogP contribution in [0.5, 0.6) is 11.5 Å². The Morgan fingerprint density at radius 2 is 2.25 bits per heavy atom. The van der Waals surface area contributed by atoms with Gasteiger partial charge in [0.25, 0.3) is 0 Å². The van der Waals surface area contributed by atoms with E-state index in [0.29, 0.717) is 23.4 Å². The Morgan fingerprint density at radius 3 is 2.90 bits per heavy atom. The number of hydrogen-bond donors (Lipinski definition) is 2. The maximum absolute atomic E-state index is 10.1. The van der Waals surface area contributed by atoms with Gasteiger partial charge in [-0.1, -0.05) is 11.6 Å².